The van der Waals surface area contributed by atoms with E-state index >= 15 is 0 Å². The van der Waals surface area contributed by atoms with Crippen LogP contribution in [0.5, 0.6) is 11.5 Å². The quantitative estimate of drug-likeness (QED) is 0.276. The van der Waals surface area contributed by atoms with Crippen LogP contribution in [-0.2, 0) is 16.0 Å². The second-order valence-corrected chi connectivity index (χ2v) is 3.97. The van der Waals surface area contributed by atoms with Crippen LogP contribution in [0.1, 0.15) is 12.5 Å². The first-order chi connectivity index (χ1) is 7.92. The Bertz CT molecular complexity index is 428. The number of aromatic hydroxyl groups is 2. The van der Waals surface area contributed by atoms with Gasteiger partial charge in [-0.15, -0.1) is 12.4 Å². The van der Waals surface area contributed by atoms with Crippen molar-refractivity contribution in [2.24, 2.45) is 5.84 Å². The maximum atomic E-state index is 11.5. The molecule has 1 rings (SSSR count). The summed E-state index contributed by atoms with van der Waals surface area (Å²) in [6.45, 7) is 1.59. The normalized spacial score (nSPS) is 13.3. The molecule has 18 heavy (non-hydrogen) atoms. The first kappa shape index (κ1) is 16.5. The van der Waals surface area contributed by atoms with Gasteiger partial charge in [0, 0.05) is 6.42 Å². The molecule has 102 valence electrons. The topological polar surface area (TPSA) is 105 Å². The number of methoxy groups -OCH3 is 1. The molecule has 0 aliphatic carbocycles. The molecule has 0 radical (unpaired) electrons. The smallest absolute Gasteiger partial charge is 0.327 e. The van der Waals surface area contributed by atoms with E-state index in [-0.39, 0.29) is 30.3 Å². The number of nitrogens with two attached hydrogens (primary N) is 1. The van der Waals surface area contributed by atoms with E-state index in [1.807, 2.05) is 0 Å². The standard InChI is InChI=1S/C11H16N2O4.ClH/c1-11(13-12,10(16)17-2)6-7-3-4-8(14)9(15)5-7;/h3-5,13-15H,6,12H2,1-2H3;1H. The molecule has 1 aromatic rings. The van der Waals surface area contributed by atoms with Crippen LogP contribution in [0.2, 0.25) is 0 Å². The summed E-state index contributed by atoms with van der Waals surface area (Å²) in [7, 11) is 1.27. The van der Waals surface area contributed by atoms with Gasteiger partial charge in [-0.2, -0.15) is 0 Å². The molecular weight excluding hydrogens is 260 g/mol. The zero-order valence-electron chi connectivity index (χ0n) is 10.1. The van der Waals surface area contributed by atoms with Crippen LogP contribution >= 0.6 is 12.4 Å². The predicted octanol–water partition coefficient (Wildman–Crippen LogP) is 0.457. The molecule has 0 spiro atoms. The van der Waals surface area contributed by atoms with Gasteiger partial charge in [-0.05, 0) is 24.6 Å². The largest absolute Gasteiger partial charge is 0.504 e. The highest BCUT2D eigenvalue weighted by atomic mass is 35.5. The van der Waals surface area contributed by atoms with E-state index in [4.69, 9.17) is 5.84 Å². The Morgan fingerprint density at radius 2 is 2.06 bits per heavy atom. The lowest BCUT2D eigenvalue weighted by atomic mass is 9.93. The second kappa shape index (κ2) is 6.44. The van der Waals surface area contributed by atoms with Gasteiger partial charge < -0.3 is 14.9 Å². The summed E-state index contributed by atoms with van der Waals surface area (Å²) >= 11 is 0. The summed E-state index contributed by atoms with van der Waals surface area (Å²) in [6.07, 6.45) is 0.226. The number of phenolic OH excluding ortho intramolecular Hbond substituents is 2. The SMILES string of the molecule is COC(=O)C(C)(Cc1ccc(O)c(O)c1)NN.Cl. The lowest BCUT2D eigenvalue weighted by molar-refractivity contribution is -0.147. The number of hydrogen-bond donors (Lipinski definition) is 4. The van der Waals surface area contributed by atoms with Gasteiger partial charge in [-0.1, -0.05) is 6.07 Å². The number of benzene rings is 1. The van der Waals surface area contributed by atoms with Crippen molar-refractivity contribution in [2.45, 2.75) is 18.9 Å². The van der Waals surface area contributed by atoms with E-state index < -0.39 is 11.5 Å². The molecule has 7 heteroatoms. The van der Waals surface area contributed by atoms with E-state index in [1.54, 1.807) is 13.0 Å². The lowest BCUT2D eigenvalue weighted by Gasteiger charge is -2.25. The molecule has 0 saturated carbocycles. The Hall–Kier alpha value is -1.50. The highest BCUT2D eigenvalue weighted by Crippen LogP contribution is 2.26. The van der Waals surface area contributed by atoms with E-state index in [9.17, 15) is 15.0 Å². The minimum Gasteiger partial charge on any atom is -0.504 e. The van der Waals surface area contributed by atoms with Crippen LogP contribution in [0.25, 0.3) is 0 Å². The van der Waals surface area contributed by atoms with Crippen molar-refractivity contribution < 1.29 is 19.7 Å². The summed E-state index contributed by atoms with van der Waals surface area (Å²) < 4.78 is 4.64. The number of carbonyl (C=O) groups is 1. The molecule has 0 heterocycles. The fourth-order valence-corrected chi connectivity index (χ4v) is 1.49. The van der Waals surface area contributed by atoms with E-state index in [1.165, 1.54) is 19.2 Å². The van der Waals surface area contributed by atoms with Crippen LogP contribution in [0.3, 0.4) is 0 Å². The third kappa shape index (κ3) is 3.49. The number of phenols is 2. The number of ether oxygens (including phenoxy) is 1. The zero-order chi connectivity index (χ0) is 13.1. The van der Waals surface area contributed by atoms with Crippen LogP contribution in [0, 0.1) is 0 Å². The molecule has 0 aliphatic rings. The number of hydrogen-bond acceptors (Lipinski definition) is 6. The highest BCUT2D eigenvalue weighted by molar-refractivity contribution is 5.85. The number of hydrazine groups is 1. The van der Waals surface area contributed by atoms with Crippen LogP contribution in [0.15, 0.2) is 18.2 Å². The predicted molar refractivity (Wildman–Crippen MR) is 68.5 cm³/mol. The van der Waals surface area contributed by atoms with Gasteiger partial charge >= 0.3 is 5.97 Å². The molecule has 6 nitrogen and oxygen atoms in total. The summed E-state index contributed by atoms with van der Waals surface area (Å²) in [4.78, 5) is 11.5. The fourth-order valence-electron chi connectivity index (χ4n) is 1.49. The Kier molecular flexibility index (Phi) is 5.90. The van der Waals surface area contributed by atoms with Gasteiger partial charge in [0.25, 0.3) is 0 Å². The van der Waals surface area contributed by atoms with Gasteiger partial charge in [-0.25, -0.2) is 5.43 Å². The van der Waals surface area contributed by atoms with Crippen molar-refractivity contribution in [1.82, 2.24) is 5.43 Å². The first-order valence-corrected chi connectivity index (χ1v) is 5.00. The molecule has 0 fully saturated rings. The highest BCUT2D eigenvalue weighted by Gasteiger charge is 2.33. The minimum absolute atomic E-state index is 0. The van der Waals surface area contributed by atoms with E-state index in [0.717, 1.165) is 0 Å². The molecule has 0 amide bonds. The monoisotopic (exact) mass is 276 g/mol. The van der Waals surface area contributed by atoms with Crippen LogP contribution < -0.4 is 11.3 Å². The number of rotatable bonds is 4. The summed E-state index contributed by atoms with van der Waals surface area (Å²) in [5, 5.41) is 18.5. The molecular formula is C11H17ClN2O4. The molecule has 1 aromatic carbocycles. The van der Waals surface area contributed by atoms with Gasteiger partial charge in [0.1, 0.15) is 5.54 Å². The third-order valence-corrected chi connectivity index (χ3v) is 2.55. The molecule has 1 atom stereocenters. The molecule has 1 unspecified atom stereocenters. The van der Waals surface area contributed by atoms with Crippen molar-refractivity contribution >= 4 is 18.4 Å². The minimum atomic E-state index is -1.09. The maximum absolute atomic E-state index is 11.5. The maximum Gasteiger partial charge on any atom is 0.327 e. The van der Waals surface area contributed by atoms with E-state index in [0.29, 0.717) is 5.56 Å². The summed E-state index contributed by atoms with van der Waals surface area (Å²) in [5.74, 6) is 4.37. The van der Waals surface area contributed by atoms with Crippen molar-refractivity contribution in [1.29, 1.82) is 0 Å². The average Bonchev–Trinajstić information content (AvgIpc) is 2.32. The first-order valence-electron chi connectivity index (χ1n) is 5.00. The third-order valence-electron chi connectivity index (χ3n) is 2.55. The van der Waals surface area contributed by atoms with Crippen LogP contribution in [-0.4, -0.2) is 28.8 Å². The van der Waals surface area contributed by atoms with Gasteiger partial charge in [0.05, 0.1) is 7.11 Å². The average molecular weight is 277 g/mol. The van der Waals surface area contributed by atoms with Crippen molar-refractivity contribution in [2.75, 3.05) is 7.11 Å². The Morgan fingerprint density at radius 1 is 1.44 bits per heavy atom. The Balaban J connectivity index is 0.00000289. The lowest BCUT2D eigenvalue weighted by Crippen LogP contribution is -2.55. The Morgan fingerprint density at radius 3 is 2.50 bits per heavy atom. The van der Waals surface area contributed by atoms with E-state index in [2.05, 4.69) is 10.2 Å². The second-order valence-electron chi connectivity index (χ2n) is 3.97. The number of nitrogens with one attached hydrogen (secondary N) is 1. The van der Waals surface area contributed by atoms with Crippen LogP contribution in [0.4, 0.5) is 0 Å². The number of carbonyl (C=O) groups excluding carboxylic acids is 1. The molecule has 0 bridgehead atoms. The number of halogens is 1. The molecule has 0 aromatic heterocycles. The van der Waals surface area contributed by atoms with Crippen molar-refractivity contribution in [3.8, 4) is 11.5 Å². The molecule has 5 N–H and O–H groups in total. The van der Waals surface area contributed by atoms with Gasteiger partial charge in [0.2, 0.25) is 0 Å². The molecule has 0 saturated heterocycles. The van der Waals surface area contributed by atoms with Crippen molar-refractivity contribution in [3.05, 3.63) is 23.8 Å². The molecule has 0 aliphatic heterocycles. The number of esters is 1. The summed E-state index contributed by atoms with van der Waals surface area (Å²) in [6, 6.07) is 4.31. The van der Waals surface area contributed by atoms with Gasteiger partial charge in [-0.3, -0.25) is 10.6 Å². The fraction of sp³-hybridized carbons (Fsp3) is 0.364. The summed E-state index contributed by atoms with van der Waals surface area (Å²) in [5.41, 5.74) is 1.95. The van der Waals surface area contributed by atoms with Gasteiger partial charge in [0.15, 0.2) is 11.5 Å². The zero-order valence-corrected chi connectivity index (χ0v) is 11.0. The Labute approximate surface area is 111 Å². The van der Waals surface area contributed by atoms with Crippen molar-refractivity contribution in [3.63, 3.8) is 0 Å².